The van der Waals surface area contributed by atoms with Gasteiger partial charge in [-0.15, -0.1) is 0 Å². The fraction of sp³-hybridized carbons (Fsp3) is 0.600. The molecule has 1 N–H and O–H groups in total. The predicted molar refractivity (Wildman–Crippen MR) is 92.6 cm³/mol. The molecular weight excluding hydrogens is 352 g/mol. The smallest absolute Gasteiger partial charge is 0.215 e. The number of hydrogen-bond donors (Lipinski definition) is 1. The summed E-state index contributed by atoms with van der Waals surface area (Å²) in [5.41, 5.74) is 1.59. The Hall–Kier alpha value is -1.00. The number of nitrogens with zero attached hydrogens (tertiary/aromatic N) is 1. The van der Waals surface area contributed by atoms with Gasteiger partial charge in [-0.05, 0) is 25.0 Å². The molecule has 136 valence electrons. The molecule has 0 bridgehead atoms. The minimum Gasteiger partial charge on any atom is -0.378 e. The van der Waals surface area contributed by atoms with Crippen molar-refractivity contribution < 1.29 is 21.6 Å². The highest BCUT2D eigenvalue weighted by Crippen LogP contribution is 2.13. The standard InChI is InChI=1S/C15H24N2O5S2/c1-13-5-3-4-6-15(13)12-23(18,19)16-7-10-24(20,21)17-8-9-22-11-14(17)2/h3-6,14,16H,7-12H2,1-2H3. The predicted octanol–water partition coefficient (Wildman–Crippen LogP) is 0.465. The second-order valence-electron chi connectivity index (χ2n) is 5.93. The molecule has 1 fully saturated rings. The molecule has 7 nitrogen and oxygen atoms in total. The first-order chi connectivity index (χ1) is 11.2. The highest BCUT2D eigenvalue weighted by Gasteiger charge is 2.30. The van der Waals surface area contributed by atoms with E-state index >= 15 is 0 Å². The van der Waals surface area contributed by atoms with Gasteiger partial charge < -0.3 is 4.74 Å². The van der Waals surface area contributed by atoms with Crippen LogP contribution in [0.15, 0.2) is 24.3 Å². The Morgan fingerprint density at radius 3 is 2.62 bits per heavy atom. The molecule has 0 saturated carbocycles. The number of nitrogens with one attached hydrogen (secondary N) is 1. The van der Waals surface area contributed by atoms with Crippen molar-refractivity contribution in [3.05, 3.63) is 35.4 Å². The zero-order valence-corrected chi connectivity index (χ0v) is 15.6. The van der Waals surface area contributed by atoms with Crippen molar-refractivity contribution in [1.82, 2.24) is 9.03 Å². The molecular formula is C15H24N2O5S2. The fourth-order valence-electron chi connectivity index (χ4n) is 2.60. The summed E-state index contributed by atoms with van der Waals surface area (Å²) in [5, 5.41) is 0. The van der Waals surface area contributed by atoms with E-state index in [-0.39, 0.29) is 24.1 Å². The Labute approximate surface area is 144 Å². The summed E-state index contributed by atoms with van der Waals surface area (Å²) >= 11 is 0. The number of morpholine rings is 1. The summed E-state index contributed by atoms with van der Waals surface area (Å²) in [6, 6.07) is 6.99. The first-order valence-electron chi connectivity index (χ1n) is 7.80. The molecule has 1 aromatic carbocycles. The number of hydrogen-bond acceptors (Lipinski definition) is 5. The molecule has 1 aromatic rings. The van der Waals surface area contributed by atoms with E-state index < -0.39 is 20.0 Å². The van der Waals surface area contributed by atoms with Gasteiger partial charge in [-0.2, -0.15) is 4.31 Å². The van der Waals surface area contributed by atoms with Crippen LogP contribution in [-0.4, -0.2) is 59.2 Å². The molecule has 0 amide bonds. The lowest BCUT2D eigenvalue weighted by Gasteiger charge is -2.32. The molecule has 0 radical (unpaired) electrons. The Bertz CT molecular complexity index is 762. The number of rotatable bonds is 7. The Morgan fingerprint density at radius 1 is 1.25 bits per heavy atom. The maximum absolute atomic E-state index is 12.3. The number of benzene rings is 1. The van der Waals surface area contributed by atoms with Gasteiger partial charge in [-0.1, -0.05) is 24.3 Å². The van der Waals surface area contributed by atoms with Crippen molar-refractivity contribution in [3.63, 3.8) is 0 Å². The normalized spacial score (nSPS) is 20.2. The van der Waals surface area contributed by atoms with E-state index in [4.69, 9.17) is 4.74 Å². The summed E-state index contributed by atoms with van der Waals surface area (Å²) in [6.07, 6.45) is 0. The zero-order chi connectivity index (χ0) is 17.8. The van der Waals surface area contributed by atoms with E-state index in [0.717, 1.165) is 5.56 Å². The summed E-state index contributed by atoms with van der Waals surface area (Å²) in [4.78, 5) is 0. The molecule has 2 rings (SSSR count). The van der Waals surface area contributed by atoms with Gasteiger partial charge in [0.2, 0.25) is 20.0 Å². The lowest BCUT2D eigenvalue weighted by Crippen LogP contribution is -2.49. The van der Waals surface area contributed by atoms with E-state index in [9.17, 15) is 16.8 Å². The van der Waals surface area contributed by atoms with Gasteiger partial charge in [0.25, 0.3) is 0 Å². The molecule has 1 aliphatic rings. The van der Waals surface area contributed by atoms with Crippen LogP contribution < -0.4 is 4.72 Å². The van der Waals surface area contributed by atoms with E-state index in [1.54, 1.807) is 19.1 Å². The molecule has 1 aliphatic heterocycles. The van der Waals surface area contributed by atoms with Crippen LogP contribution in [0.2, 0.25) is 0 Å². The lowest BCUT2D eigenvalue weighted by atomic mass is 10.1. The monoisotopic (exact) mass is 376 g/mol. The number of ether oxygens (including phenoxy) is 1. The van der Waals surface area contributed by atoms with Crippen molar-refractivity contribution in [2.45, 2.75) is 25.6 Å². The first-order valence-corrected chi connectivity index (χ1v) is 11.1. The van der Waals surface area contributed by atoms with Gasteiger partial charge in [0.1, 0.15) is 0 Å². The molecule has 0 spiro atoms. The highest BCUT2D eigenvalue weighted by molar-refractivity contribution is 7.89. The molecule has 0 aromatic heterocycles. The van der Waals surface area contributed by atoms with Crippen molar-refractivity contribution in [2.24, 2.45) is 0 Å². The Balaban J connectivity index is 1.91. The Morgan fingerprint density at radius 2 is 1.96 bits per heavy atom. The van der Waals surface area contributed by atoms with Crippen molar-refractivity contribution >= 4 is 20.0 Å². The second kappa shape index (κ2) is 7.92. The molecule has 0 aliphatic carbocycles. The van der Waals surface area contributed by atoms with Gasteiger partial charge in [0, 0.05) is 19.1 Å². The molecule has 1 atom stereocenters. The van der Waals surface area contributed by atoms with Crippen LogP contribution in [0.5, 0.6) is 0 Å². The van der Waals surface area contributed by atoms with Gasteiger partial charge in [0.05, 0.1) is 24.7 Å². The quantitative estimate of drug-likeness (QED) is 0.746. The minimum atomic E-state index is -3.58. The third-order valence-electron chi connectivity index (χ3n) is 3.95. The minimum absolute atomic E-state index is 0.138. The van der Waals surface area contributed by atoms with Crippen molar-refractivity contribution in [3.8, 4) is 0 Å². The van der Waals surface area contributed by atoms with Crippen molar-refractivity contribution in [1.29, 1.82) is 0 Å². The second-order valence-corrected chi connectivity index (χ2v) is 9.78. The Kier molecular flexibility index (Phi) is 6.38. The summed E-state index contributed by atoms with van der Waals surface area (Å²) in [5.74, 6) is -0.419. The fourth-order valence-corrected chi connectivity index (χ4v) is 5.53. The van der Waals surface area contributed by atoms with Crippen LogP contribution in [0.1, 0.15) is 18.1 Å². The molecule has 1 unspecified atom stereocenters. The summed E-state index contributed by atoms with van der Waals surface area (Å²) in [6.45, 7) is 4.51. The molecule has 24 heavy (non-hydrogen) atoms. The topological polar surface area (TPSA) is 92.8 Å². The molecule has 1 heterocycles. The van der Waals surface area contributed by atoms with Crippen LogP contribution in [-0.2, 0) is 30.5 Å². The molecule has 1 saturated heterocycles. The SMILES string of the molecule is Cc1ccccc1CS(=O)(=O)NCCS(=O)(=O)N1CCOCC1C. The van der Waals surface area contributed by atoms with Crippen LogP contribution in [0.3, 0.4) is 0 Å². The summed E-state index contributed by atoms with van der Waals surface area (Å²) in [7, 11) is -7.09. The van der Waals surface area contributed by atoms with Gasteiger partial charge in [-0.3, -0.25) is 0 Å². The first kappa shape index (κ1) is 19.3. The summed E-state index contributed by atoms with van der Waals surface area (Å²) < 4.78 is 57.9. The lowest BCUT2D eigenvalue weighted by molar-refractivity contribution is 0.0393. The van der Waals surface area contributed by atoms with Gasteiger partial charge >= 0.3 is 0 Å². The van der Waals surface area contributed by atoms with Crippen LogP contribution >= 0.6 is 0 Å². The van der Waals surface area contributed by atoms with Crippen LogP contribution in [0.25, 0.3) is 0 Å². The third-order valence-corrected chi connectivity index (χ3v) is 7.26. The van der Waals surface area contributed by atoms with Gasteiger partial charge in [0.15, 0.2) is 0 Å². The molecule has 9 heteroatoms. The highest BCUT2D eigenvalue weighted by atomic mass is 32.2. The zero-order valence-electron chi connectivity index (χ0n) is 13.9. The van der Waals surface area contributed by atoms with Gasteiger partial charge in [-0.25, -0.2) is 21.6 Å². The average molecular weight is 377 g/mol. The number of sulfonamides is 2. The van der Waals surface area contributed by atoms with Crippen LogP contribution in [0.4, 0.5) is 0 Å². The van der Waals surface area contributed by atoms with E-state index in [1.807, 2.05) is 19.1 Å². The van der Waals surface area contributed by atoms with Crippen molar-refractivity contribution in [2.75, 3.05) is 32.1 Å². The maximum atomic E-state index is 12.3. The van der Waals surface area contributed by atoms with Crippen LogP contribution in [0, 0.1) is 6.92 Å². The van der Waals surface area contributed by atoms with E-state index in [1.165, 1.54) is 4.31 Å². The van der Waals surface area contributed by atoms with E-state index in [0.29, 0.717) is 25.3 Å². The maximum Gasteiger partial charge on any atom is 0.215 e. The third kappa shape index (κ3) is 5.25. The largest absolute Gasteiger partial charge is 0.378 e. The average Bonchev–Trinajstić information content (AvgIpc) is 2.49. The van der Waals surface area contributed by atoms with E-state index in [2.05, 4.69) is 4.72 Å². The number of aryl methyl sites for hydroxylation is 1.